The van der Waals surface area contributed by atoms with E-state index in [1.165, 1.54) is 16.7 Å². The largest absolute Gasteiger partial charge is 0.493 e. The van der Waals surface area contributed by atoms with Crippen LogP contribution >= 0.6 is 15.9 Å². The Kier molecular flexibility index (Phi) is 3.70. The van der Waals surface area contributed by atoms with Crippen molar-refractivity contribution < 1.29 is 9.47 Å². The Morgan fingerprint density at radius 2 is 1.85 bits per heavy atom. The molecule has 2 nitrogen and oxygen atoms in total. The van der Waals surface area contributed by atoms with E-state index in [4.69, 9.17) is 9.47 Å². The smallest absolute Gasteiger partial charge is 0.129 e. The Balaban J connectivity index is 1.82. The van der Waals surface area contributed by atoms with Gasteiger partial charge in [0.25, 0.3) is 0 Å². The number of fused-ring (bicyclic) bond motifs is 1. The van der Waals surface area contributed by atoms with Crippen LogP contribution < -0.4 is 9.47 Å². The third-order valence-electron chi connectivity index (χ3n) is 3.41. The maximum Gasteiger partial charge on any atom is 0.129 e. The van der Waals surface area contributed by atoms with Crippen LogP contribution in [0.1, 0.15) is 22.3 Å². The highest BCUT2D eigenvalue weighted by Gasteiger charge is 2.17. The molecule has 2 aromatic carbocycles. The molecule has 1 heterocycles. The molecule has 0 aliphatic carbocycles. The summed E-state index contributed by atoms with van der Waals surface area (Å²) in [6.45, 7) is 5.46. The van der Waals surface area contributed by atoms with E-state index in [0.29, 0.717) is 6.61 Å². The van der Waals surface area contributed by atoms with Crippen LogP contribution in [-0.2, 0) is 13.0 Å². The van der Waals surface area contributed by atoms with Gasteiger partial charge in [0.2, 0.25) is 0 Å². The fourth-order valence-corrected chi connectivity index (χ4v) is 3.18. The van der Waals surface area contributed by atoms with Crippen LogP contribution in [0.15, 0.2) is 34.8 Å². The Hall–Kier alpha value is -1.48. The number of aryl methyl sites for hydroxylation is 2. The Morgan fingerprint density at radius 1 is 1.10 bits per heavy atom. The normalized spacial score (nSPS) is 12.9. The number of halogens is 1. The van der Waals surface area contributed by atoms with E-state index < -0.39 is 0 Å². The van der Waals surface area contributed by atoms with Crippen LogP contribution in [-0.4, -0.2) is 6.61 Å². The predicted octanol–water partition coefficient (Wildman–Crippen LogP) is 4.58. The molecular formula is C17H17BrO2. The molecule has 20 heavy (non-hydrogen) atoms. The van der Waals surface area contributed by atoms with Crippen molar-refractivity contribution in [3.63, 3.8) is 0 Å². The molecule has 1 aliphatic rings. The number of ether oxygens (including phenoxy) is 2. The molecular weight excluding hydrogens is 316 g/mol. The summed E-state index contributed by atoms with van der Waals surface area (Å²) < 4.78 is 12.7. The maximum absolute atomic E-state index is 5.93. The molecule has 0 spiro atoms. The summed E-state index contributed by atoms with van der Waals surface area (Å²) in [7, 11) is 0. The van der Waals surface area contributed by atoms with Gasteiger partial charge in [0.15, 0.2) is 0 Å². The lowest BCUT2D eigenvalue weighted by atomic mass is 10.1. The monoisotopic (exact) mass is 332 g/mol. The van der Waals surface area contributed by atoms with Gasteiger partial charge in [-0.1, -0.05) is 22.0 Å². The summed E-state index contributed by atoms with van der Waals surface area (Å²) in [5.74, 6) is 1.91. The number of benzene rings is 2. The van der Waals surface area contributed by atoms with Gasteiger partial charge in [-0.05, 0) is 54.8 Å². The van der Waals surface area contributed by atoms with E-state index in [0.717, 1.165) is 34.6 Å². The average Bonchev–Trinajstić information content (AvgIpc) is 2.82. The van der Waals surface area contributed by atoms with E-state index in [9.17, 15) is 0 Å². The fraction of sp³-hybridized carbons (Fsp3) is 0.294. The lowest BCUT2D eigenvalue weighted by molar-refractivity contribution is 0.291. The highest BCUT2D eigenvalue weighted by atomic mass is 79.9. The summed E-state index contributed by atoms with van der Waals surface area (Å²) in [4.78, 5) is 0. The SMILES string of the molecule is Cc1cc(C)cc(OCc2cc(Br)cc3c2OCC3)c1. The molecule has 0 saturated heterocycles. The summed E-state index contributed by atoms with van der Waals surface area (Å²) in [6.07, 6.45) is 0.978. The molecule has 3 heteroatoms. The molecule has 3 rings (SSSR count). The molecule has 0 N–H and O–H groups in total. The molecule has 104 valence electrons. The first-order valence-electron chi connectivity index (χ1n) is 6.77. The van der Waals surface area contributed by atoms with Gasteiger partial charge in [0, 0.05) is 16.5 Å². The van der Waals surface area contributed by atoms with Crippen LogP contribution in [0.2, 0.25) is 0 Å². The van der Waals surface area contributed by atoms with Gasteiger partial charge in [0.05, 0.1) is 6.61 Å². The molecule has 2 aromatic rings. The van der Waals surface area contributed by atoms with E-state index in [2.05, 4.69) is 60.1 Å². The van der Waals surface area contributed by atoms with E-state index in [1.54, 1.807) is 0 Å². The maximum atomic E-state index is 5.93. The quantitative estimate of drug-likeness (QED) is 0.819. The molecule has 0 aromatic heterocycles. The van der Waals surface area contributed by atoms with Crippen molar-refractivity contribution >= 4 is 15.9 Å². The van der Waals surface area contributed by atoms with E-state index in [-0.39, 0.29) is 0 Å². The second-order valence-electron chi connectivity index (χ2n) is 5.26. The Labute approximate surface area is 127 Å². The van der Waals surface area contributed by atoms with Crippen molar-refractivity contribution in [2.45, 2.75) is 26.9 Å². The first-order chi connectivity index (χ1) is 9.61. The van der Waals surface area contributed by atoms with Gasteiger partial charge in [-0.25, -0.2) is 0 Å². The minimum atomic E-state index is 0.532. The number of hydrogen-bond acceptors (Lipinski definition) is 2. The second kappa shape index (κ2) is 5.49. The van der Waals surface area contributed by atoms with Crippen molar-refractivity contribution in [2.24, 2.45) is 0 Å². The lowest BCUT2D eigenvalue weighted by Crippen LogP contribution is -1.99. The third-order valence-corrected chi connectivity index (χ3v) is 3.87. The van der Waals surface area contributed by atoms with Gasteiger partial charge in [-0.2, -0.15) is 0 Å². The highest BCUT2D eigenvalue weighted by molar-refractivity contribution is 9.10. The second-order valence-corrected chi connectivity index (χ2v) is 6.18. The topological polar surface area (TPSA) is 18.5 Å². The highest BCUT2D eigenvalue weighted by Crippen LogP contribution is 2.33. The number of rotatable bonds is 3. The molecule has 0 radical (unpaired) electrons. The Bertz CT molecular complexity index is 629. The Morgan fingerprint density at radius 3 is 2.60 bits per heavy atom. The van der Waals surface area contributed by atoms with Crippen molar-refractivity contribution in [3.8, 4) is 11.5 Å². The number of hydrogen-bond donors (Lipinski definition) is 0. The fourth-order valence-electron chi connectivity index (χ4n) is 2.63. The van der Waals surface area contributed by atoms with E-state index >= 15 is 0 Å². The van der Waals surface area contributed by atoms with Crippen LogP contribution in [0.5, 0.6) is 11.5 Å². The summed E-state index contributed by atoms with van der Waals surface area (Å²) in [5.41, 5.74) is 4.80. The first-order valence-corrected chi connectivity index (χ1v) is 7.56. The van der Waals surface area contributed by atoms with Crippen LogP contribution in [0.25, 0.3) is 0 Å². The molecule has 0 fully saturated rings. The van der Waals surface area contributed by atoms with Crippen LogP contribution in [0.3, 0.4) is 0 Å². The zero-order chi connectivity index (χ0) is 14.1. The minimum absolute atomic E-state index is 0.532. The molecule has 0 bridgehead atoms. The van der Waals surface area contributed by atoms with Gasteiger partial charge in [-0.15, -0.1) is 0 Å². The molecule has 0 unspecified atom stereocenters. The van der Waals surface area contributed by atoms with Gasteiger partial charge < -0.3 is 9.47 Å². The molecule has 0 amide bonds. The van der Waals surface area contributed by atoms with Crippen molar-refractivity contribution in [2.75, 3.05) is 6.61 Å². The van der Waals surface area contributed by atoms with Crippen molar-refractivity contribution in [3.05, 3.63) is 57.1 Å². The third kappa shape index (κ3) is 2.83. The zero-order valence-corrected chi connectivity index (χ0v) is 13.3. The predicted molar refractivity (Wildman–Crippen MR) is 83.6 cm³/mol. The zero-order valence-electron chi connectivity index (χ0n) is 11.7. The van der Waals surface area contributed by atoms with Gasteiger partial charge >= 0.3 is 0 Å². The lowest BCUT2D eigenvalue weighted by Gasteiger charge is -2.12. The van der Waals surface area contributed by atoms with Crippen LogP contribution in [0.4, 0.5) is 0 Å². The van der Waals surface area contributed by atoms with E-state index in [1.807, 2.05) is 0 Å². The summed E-state index contributed by atoms with van der Waals surface area (Å²) in [5, 5.41) is 0. The summed E-state index contributed by atoms with van der Waals surface area (Å²) in [6, 6.07) is 10.5. The van der Waals surface area contributed by atoms with Gasteiger partial charge in [-0.3, -0.25) is 0 Å². The standard InChI is InChI=1S/C17H17BrO2/c1-11-5-12(2)7-16(6-11)20-10-14-9-15(18)8-13-3-4-19-17(13)14/h5-9H,3-4,10H2,1-2H3. The molecule has 0 saturated carbocycles. The van der Waals surface area contributed by atoms with Gasteiger partial charge in [0.1, 0.15) is 18.1 Å². The molecule has 0 atom stereocenters. The first kappa shape index (κ1) is 13.5. The summed E-state index contributed by atoms with van der Waals surface area (Å²) >= 11 is 3.55. The minimum Gasteiger partial charge on any atom is -0.493 e. The van der Waals surface area contributed by atoms with Crippen molar-refractivity contribution in [1.29, 1.82) is 0 Å². The van der Waals surface area contributed by atoms with Crippen LogP contribution in [0, 0.1) is 13.8 Å². The average molecular weight is 333 g/mol. The molecule has 1 aliphatic heterocycles. The van der Waals surface area contributed by atoms with Crippen molar-refractivity contribution in [1.82, 2.24) is 0 Å².